The van der Waals surface area contributed by atoms with Gasteiger partial charge >= 0.3 is 5.38 Å². The van der Waals surface area contributed by atoms with Gasteiger partial charge in [-0.05, 0) is 29.3 Å². The molecule has 0 amide bonds. The number of hydrogen-bond acceptors (Lipinski definition) is 2. The molecule has 0 radical (unpaired) electrons. The standard InChI is InChI=1S/C8H6ClF2NO/c9-8(10,11)7(13)5-6-1-3-12-4-2-6/h1-4H,5H2. The molecule has 0 saturated carbocycles. The number of nitrogens with zero attached hydrogens (tertiary/aromatic N) is 1. The molecule has 0 atom stereocenters. The first-order chi connectivity index (χ1) is 6.00. The number of alkyl halides is 3. The van der Waals surface area contributed by atoms with Gasteiger partial charge in [-0.25, -0.2) is 0 Å². The normalized spacial score (nSPS) is 11.3. The Morgan fingerprint density at radius 1 is 1.46 bits per heavy atom. The molecule has 0 aromatic carbocycles. The summed E-state index contributed by atoms with van der Waals surface area (Å²) in [5.74, 6) is -1.31. The first-order valence-corrected chi connectivity index (χ1v) is 3.87. The molecule has 13 heavy (non-hydrogen) atoms. The highest BCUT2D eigenvalue weighted by Crippen LogP contribution is 2.21. The Hall–Kier alpha value is -1.03. The lowest BCUT2D eigenvalue weighted by Gasteiger charge is -2.05. The van der Waals surface area contributed by atoms with Crippen molar-refractivity contribution in [1.29, 1.82) is 0 Å². The van der Waals surface area contributed by atoms with Gasteiger partial charge in [0.15, 0.2) is 0 Å². The number of Topliss-reactive ketones (excluding diaryl/α,β-unsaturated/α-hetero) is 1. The maximum atomic E-state index is 12.2. The van der Waals surface area contributed by atoms with E-state index in [-0.39, 0.29) is 6.42 Å². The summed E-state index contributed by atoms with van der Waals surface area (Å²) in [7, 11) is 0. The molecule has 5 heteroatoms. The molecule has 1 rings (SSSR count). The summed E-state index contributed by atoms with van der Waals surface area (Å²) in [4.78, 5) is 14.4. The second-order valence-corrected chi connectivity index (χ2v) is 2.93. The zero-order chi connectivity index (χ0) is 9.90. The number of aromatic nitrogens is 1. The molecule has 2 nitrogen and oxygen atoms in total. The van der Waals surface area contributed by atoms with E-state index < -0.39 is 11.2 Å². The molecule has 0 spiro atoms. The summed E-state index contributed by atoms with van der Waals surface area (Å²) in [5, 5.41) is -3.77. The molecule has 0 fully saturated rings. The van der Waals surface area contributed by atoms with Gasteiger partial charge < -0.3 is 0 Å². The molecule has 0 aliphatic rings. The number of halogens is 3. The minimum atomic E-state index is -3.77. The van der Waals surface area contributed by atoms with Gasteiger partial charge in [0.2, 0.25) is 5.78 Å². The summed E-state index contributed by atoms with van der Waals surface area (Å²) in [6, 6.07) is 2.97. The monoisotopic (exact) mass is 205 g/mol. The van der Waals surface area contributed by atoms with Crippen LogP contribution in [0.15, 0.2) is 24.5 Å². The zero-order valence-electron chi connectivity index (χ0n) is 6.51. The van der Waals surface area contributed by atoms with Gasteiger partial charge in [-0.3, -0.25) is 9.78 Å². The zero-order valence-corrected chi connectivity index (χ0v) is 7.26. The number of carbonyl (C=O) groups is 1. The van der Waals surface area contributed by atoms with Crippen molar-refractivity contribution in [2.75, 3.05) is 0 Å². The Labute approximate surface area is 78.5 Å². The average molecular weight is 206 g/mol. The molecular formula is C8H6ClF2NO. The number of pyridine rings is 1. The van der Waals surface area contributed by atoms with Crippen molar-refractivity contribution in [1.82, 2.24) is 4.98 Å². The highest BCUT2D eigenvalue weighted by Gasteiger charge is 2.34. The van der Waals surface area contributed by atoms with E-state index in [2.05, 4.69) is 16.6 Å². The van der Waals surface area contributed by atoms with E-state index in [0.29, 0.717) is 5.56 Å². The summed E-state index contributed by atoms with van der Waals surface area (Å²) >= 11 is 4.54. The lowest BCUT2D eigenvalue weighted by Crippen LogP contribution is -2.23. The molecule has 0 unspecified atom stereocenters. The van der Waals surface area contributed by atoms with E-state index in [9.17, 15) is 13.6 Å². The molecular weight excluding hydrogens is 200 g/mol. The molecule has 0 aliphatic carbocycles. The van der Waals surface area contributed by atoms with Crippen molar-refractivity contribution in [2.45, 2.75) is 11.8 Å². The number of ketones is 1. The van der Waals surface area contributed by atoms with E-state index in [0.717, 1.165) is 0 Å². The van der Waals surface area contributed by atoms with Crippen molar-refractivity contribution < 1.29 is 13.6 Å². The van der Waals surface area contributed by atoms with Gasteiger partial charge in [-0.1, -0.05) is 0 Å². The van der Waals surface area contributed by atoms with Gasteiger partial charge in [-0.15, -0.1) is 0 Å². The number of carbonyl (C=O) groups excluding carboxylic acids is 1. The fraction of sp³-hybridized carbons (Fsp3) is 0.250. The molecule has 70 valence electrons. The second-order valence-electron chi connectivity index (χ2n) is 2.45. The number of rotatable bonds is 3. The third-order valence-electron chi connectivity index (χ3n) is 1.43. The Kier molecular flexibility index (Phi) is 2.93. The molecule has 0 N–H and O–H groups in total. The van der Waals surface area contributed by atoms with Crippen LogP contribution in [0.4, 0.5) is 8.78 Å². The van der Waals surface area contributed by atoms with Gasteiger partial charge in [0, 0.05) is 18.8 Å². The van der Waals surface area contributed by atoms with E-state index in [1.54, 1.807) is 0 Å². The van der Waals surface area contributed by atoms with E-state index in [1.165, 1.54) is 24.5 Å². The SMILES string of the molecule is O=C(Cc1ccncc1)C(F)(F)Cl. The third kappa shape index (κ3) is 3.06. The second kappa shape index (κ2) is 3.79. The fourth-order valence-corrected chi connectivity index (χ4v) is 0.853. The summed E-state index contributed by atoms with van der Waals surface area (Å²) in [5.41, 5.74) is 0.473. The van der Waals surface area contributed by atoms with Crippen LogP contribution in [0.25, 0.3) is 0 Å². The highest BCUT2D eigenvalue weighted by molar-refractivity contribution is 6.32. The number of hydrogen-bond donors (Lipinski definition) is 0. The summed E-state index contributed by atoms with van der Waals surface area (Å²) in [6.45, 7) is 0. The van der Waals surface area contributed by atoms with Crippen molar-refractivity contribution in [3.8, 4) is 0 Å². The van der Waals surface area contributed by atoms with Crippen molar-refractivity contribution in [2.24, 2.45) is 0 Å². The summed E-state index contributed by atoms with van der Waals surface area (Å²) < 4.78 is 24.4. The first-order valence-electron chi connectivity index (χ1n) is 3.49. The Morgan fingerprint density at radius 2 is 2.00 bits per heavy atom. The van der Waals surface area contributed by atoms with Crippen LogP contribution in [-0.4, -0.2) is 16.1 Å². The first kappa shape index (κ1) is 10.1. The van der Waals surface area contributed by atoms with E-state index >= 15 is 0 Å². The van der Waals surface area contributed by atoms with Crippen LogP contribution in [0.1, 0.15) is 5.56 Å². The average Bonchev–Trinajstić information content (AvgIpc) is 2.04. The maximum absolute atomic E-state index is 12.2. The minimum absolute atomic E-state index is 0.376. The largest absolute Gasteiger partial charge is 0.380 e. The van der Waals surface area contributed by atoms with Crippen LogP contribution < -0.4 is 0 Å². The Bertz CT molecular complexity index is 297. The van der Waals surface area contributed by atoms with Crippen LogP contribution >= 0.6 is 11.6 Å². The summed E-state index contributed by atoms with van der Waals surface area (Å²) in [6.07, 6.45) is 2.48. The molecule has 0 saturated heterocycles. The predicted molar refractivity (Wildman–Crippen MR) is 43.7 cm³/mol. The van der Waals surface area contributed by atoms with E-state index in [1.807, 2.05) is 0 Å². The molecule has 1 aromatic rings. The van der Waals surface area contributed by atoms with Gasteiger partial charge in [-0.2, -0.15) is 8.78 Å². The van der Waals surface area contributed by atoms with Crippen molar-refractivity contribution >= 4 is 17.4 Å². The van der Waals surface area contributed by atoms with Crippen LogP contribution in [0.5, 0.6) is 0 Å². The third-order valence-corrected chi connectivity index (χ3v) is 1.64. The van der Waals surface area contributed by atoms with Crippen molar-refractivity contribution in [3.63, 3.8) is 0 Å². The predicted octanol–water partition coefficient (Wildman–Crippen LogP) is 2.02. The molecule has 0 aliphatic heterocycles. The highest BCUT2D eigenvalue weighted by atomic mass is 35.5. The maximum Gasteiger partial charge on any atom is 0.380 e. The molecule has 0 bridgehead atoms. The topological polar surface area (TPSA) is 30.0 Å². The fourth-order valence-electron chi connectivity index (χ4n) is 0.786. The van der Waals surface area contributed by atoms with Gasteiger partial charge in [0.05, 0.1) is 0 Å². The van der Waals surface area contributed by atoms with Crippen molar-refractivity contribution in [3.05, 3.63) is 30.1 Å². The van der Waals surface area contributed by atoms with Crippen LogP contribution in [0.2, 0.25) is 0 Å². The van der Waals surface area contributed by atoms with Crippen LogP contribution in [-0.2, 0) is 11.2 Å². The Morgan fingerprint density at radius 3 is 2.46 bits per heavy atom. The lowest BCUT2D eigenvalue weighted by atomic mass is 10.1. The smallest absolute Gasteiger partial charge is 0.291 e. The van der Waals surface area contributed by atoms with Gasteiger partial charge in [0.25, 0.3) is 0 Å². The quantitative estimate of drug-likeness (QED) is 0.707. The van der Waals surface area contributed by atoms with Crippen LogP contribution in [0.3, 0.4) is 0 Å². The molecule has 1 heterocycles. The van der Waals surface area contributed by atoms with Gasteiger partial charge in [0.1, 0.15) is 0 Å². The Balaban J connectivity index is 2.66. The minimum Gasteiger partial charge on any atom is -0.291 e. The van der Waals surface area contributed by atoms with E-state index in [4.69, 9.17) is 0 Å². The lowest BCUT2D eigenvalue weighted by molar-refractivity contribution is -0.132. The molecule has 1 aromatic heterocycles. The van der Waals surface area contributed by atoms with Crippen LogP contribution in [0, 0.1) is 0 Å².